The van der Waals surface area contributed by atoms with Crippen LogP contribution in [0, 0.1) is 13.8 Å². The second-order valence-corrected chi connectivity index (χ2v) is 7.30. The molecule has 3 heterocycles. The summed E-state index contributed by atoms with van der Waals surface area (Å²) in [6.07, 6.45) is 5.29. The van der Waals surface area contributed by atoms with E-state index in [4.69, 9.17) is 0 Å². The number of fused-ring (bicyclic) bond motifs is 3. The minimum absolute atomic E-state index is 1.03. The SMILES string of the molecule is C/C(=C\n1c2c(c3cc(C)ccc31)CN(C)CC2)c1ccnc(C)c1. The Morgan fingerprint density at radius 3 is 2.80 bits per heavy atom. The van der Waals surface area contributed by atoms with Gasteiger partial charge in [-0.3, -0.25) is 4.98 Å². The standard InChI is InChI=1S/C22H25N3/c1-15-5-6-21-19(11-15)20-14-24(4)10-8-22(20)25(21)13-16(2)18-7-9-23-17(3)12-18/h5-7,9,11-13H,8,10,14H2,1-4H3/b16-13+. The van der Waals surface area contributed by atoms with Crippen molar-refractivity contribution in [2.75, 3.05) is 13.6 Å². The van der Waals surface area contributed by atoms with Gasteiger partial charge in [0, 0.05) is 48.7 Å². The summed E-state index contributed by atoms with van der Waals surface area (Å²) in [6.45, 7) is 8.56. The molecule has 3 nitrogen and oxygen atoms in total. The zero-order chi connectivity index (χ0) is 17.6. The summed E-state index contributed by atoms with van der Waals surface area (Å²) in [4.78, 5) is 6.73. The summed E-state index contributed by atoms with van der Waals surface area (Å²) in [5.41, 5.74) is 9.16. The van der Waals surface area contributed by atoms with Crippen LogP contribution in [0.3, 0.4) is 0 Å². The Balaban J connectivity index is 1.91. The van der Waals surface area contributed by atoms with Crippen molar-refractivity contribution in [3.63, 3.8) is 0 Å². The van der Waals surface area contributed by atoms with E-state index >= 15 is 0 Å². The van der Waals surface area contributed by atoms with E-state index in [0.29, 0.717) is 0 Å². The van der Waals surface area contributed by atoms with Gasteiger partial charge in [-0.25, -0.2) is 0 Å². The highest BCUT2D eigenvalue weighted by Gasteiger charge is 2.21. The molecule has 0 saturated carbocycles. The van der Waals surface area contributed by atoms with Crippen molar-refractivity contribution in [1.82, 2.24) is 14.5 Å². The van der Waals surface area contributed by atoms with E-state index in [9.17, 15) is 0 Å². The van der Waals surface area contributed by atoms with Crippen LogP contribution in [-0.2, 0) is 13.0 Å². The van der Waals surface area contributed by atoms with Crippen molar-refractivity contribution in [2.45, 2.75) is 33.7 Å². The van der Waals surface area contributed by atoms with Crippen LogP contribution >= 0.6 is 0 Å². The molecule has 0 aliphatic carbocycles. The first-order valence-corrected chi connectivity index (χ1v) is 8.95. The van der Waals surface area contributed by atoms with Gasteiger partial charge in [-0.2, -0.15) is 0 Å². The van der Waals surface area contributed by atoms with E-state index in [-0.39, 0.29) is 0 Å². The van der Waals surface area contributed by atoms with E-state index in [2.05, 4.69) is 71.9 Å². The van der Waals surface area contributed by atoms with E-state index in [1.165, 1.54) is 38.9 Å². The zero-order valence-electron chi connectivity index (χ0n) is 15.5. The number of rotatable bonds is 2. The molecule has 3 aromatic rings. The molecule has 1 aliphatic heterocycles. The number of hydrogen-bond donors (Lipinski definition) is 0. The molecule has 25 heavy (non-hydrogen) atoms. The zero-order valence-corrected chi connectivity index (χ0v) is 15.5. The lowest BCUT2D eigenvalue weighted by molar-refractivity contribution is 0.312. The second kappa shape index (κ2) is 6.16. The summed E-state index contributed by atoms with van der Waals surface area (Å²) >= 11 is 0. The monoisotopic (exact) mass is 331 g/mol. The average molecular weight is 331 g/mol. The predicted octanol–water partition coefficient (Wildman–Crippen LogP) is 4.66. The molecule has 3 heteroatoms. The first-order valence-electron chi connectivity index (χ1n) is 8.95. The number of aryl methyl sites for hydroxylation is 2. The van der Waals surface area contributed by atoms with Crippen molar-refractivity contribution in [2.24, 2.45) is 0 Å². The second-order valence-electron chi connectivity index (χ2n) is 7.30. The van der Waals surface area contributed by atoms with Gasteiger partial charge in [-0.05, 0) is 68.8 Å². The van der Waals surface area contributed by atoms with Gasteiger partial charge in [0.05, 0.1) is 5.52 Å². The molecular weight excluding hydrogens is 306 g/mol. The normalized spacial score (nSPS) is 15.6. The lowest BCUT2D eigenvalue weighted by Crippen LogP contribution is -2.26. The van der Waals surface area contributed by atoms with Crippen LogP contribution in [0.4, 0.5) is 0 Å². The summed E-state index contributed by atoms with van der Waals surface area (Å²) < 4.78 is 2.42. The molecule has 0 bridgehead atoms. The van der Waals surface area contributed by atoms with Crippen LogP contribution in [-0.4, -0.2) is 28.0 Å². The third kappa shape index (κ3) is 2.89. The fraction of sp³-hybridized carbons (Fsp3) is 0.318. The van der Waals surface area contributed by atoms with Crippen molar-refractivity contribution in [1.29, 1.82) is 0 Å². The molecule has 0 unspecified atom stereocenters. The Morgan fingerprint density at radius 2 is 2.00 bits per heavy atom. The number of allylic oxidation sites excluding steroid dienone is 1. The molecular formula is C22H25N3. The van der Waals surface area contributed by atoms with E-state index < -0.39 is 0 Å². The molecule has 0 spiro atoms. The largest absolute Gasteiger partial charge is 0.320 e. The van der Waals surface area contributed by atoms with Gasteiger partial charge in [-0.15, -0.1) is 0 Å². The summed E-state index contributed by atoms with van der Waals surface area (Å²) in [5.74, 6) is 0. The predicted molar refractivity (Wildman–Crippen MR) is 106 cm³/mol. The number of aromatic nitrogens is 2. The van der Waals surface area contributed by atoms with Gasteiger partial charge < -0.3 is 9.47 Å². The van der Waals surface area contributed by atoms with Crippen LogP contribution < -0.4 is 0 Å². The Kier molecular flexibility index (Phi) is 3.97. The first-order chi connectivity index (χ1) is 12.0. The molecule has 0 atom stereocenters. The highest BCUT2D eigenvalue weighted by atomic mass is 15.1. The van der Waals surface area contributed by atoms with E-state index in [1.807, 2.05) is 13.1 Å². The maximum atomic E-state index is 4.32. The fourth-order valence-corrected chi connectivity index (χ4v) is 3.85. The maximum absolute atomic E-state index is 4.32. The Morgan fingerprint density at radius 1 is 1.16 bits per heavy atom. The van der Waals surface area contributed by atoms with Crippen molar-refractivity contribution in [3.8, 4) is 0 Å². The molecule has 0 N–H and O–H groups in total. The minimum atomic E-state index is 1.03. The molecule has 0 amide bonds. The third-order valence-corrected chi connectivity index (χ3v) is 5.21. The van der Waals surface area contributed by atoms with E-state index in [1.54, 1.807) is 0 Å². The Labute approximate surface area is 149 Å². The molecule has 1 aromatic carbocycles. The van der Waals surface area contributed by atoms with Gasteiger partial charge in [0.1, 0.15) is 0 Å². The van der Waals surface area contributed by atoms with Crippen LogP contribution in [0.15, 0.2) is 36.5 Å². The van der Waals surface area contributed by atoms with Crippen molar-refractivity contribution >= 4 is 22.7 Å². The summed E-state index contributed by atoms with van der Waals surface area (Å²) in [5, 5.41) is 1.40. The molecule has 0 fully saturated rings. The van der Waals surface area contributed by atoms with Crippen molar-refractivity contribution < 1.29 is 0 Å². The Bertz CT molecular complexity index is 978. The maximum Gasteiger partial charge on any atom is 0.0529 e. The highest BCUT2D eigenvalue weighted by molar-refractivity contribution is 5.90. The van der Waals surface area contributed by atoms with Gasteiger partial charge in [0.25, 0.3) is 0 Å². The van der Waals surface area contributed by atoms with Crippen LogP contribution in [0.1, 0.15) is 35.0 Å². The van der Waals surface area contributed by atoms with Crippen LogP contribution in [0.2, 0.25) is 0 Å². The molecule has 0 radical (unpaired) electrons. The fourth-order valence-electron chi connectivity index (χ4n) is 3.85. The molecule has 128 valence electrons. The smallest absolute Gasteiger partial charge is 0.0529 e. The highest BCUT2D eigenvalue weighted by Crippen LogP contribution is 2.32. The lowest BCUT2D eigenvalue weighted by atomic mass is 10.0. The molecule has 4 rings (SSSR count). The number of benzene rings is 1. The topological polar surface area (TPSA) is 21.1 Å². The van der Waals surface area contributed by atoms with Crippen LogP contribution in [0.5, 0.6) is 0 Å². The van der Waals surface area contributed by atoms with Gasteiger partial charge in [-0.1, -0.05) is 11.6 Å². The molecule has 2 aromatic heterocycles. The number of hydrogen-bond acceptors (Lipinski definition) is 2. The summed E-state index contributed by atoms with van der Waals surface area (Å²) in [6, 6.07) is 11.1. The molecule has 1 aliphatic rings. The number of pyridine rings is 1. The quantitative estimate of drug-likeness (QED) is 0.681. The number of likely N-dealkylation sites (N-methyl/N-ethyl adjacent to an activating group) is 1. The van der Waals surface area contributed by atoms with Crippen molar-refractivity contribution in [3.05, 3.63) is 64.6 Å². The molecule has 0 saturated heterocycles. The third-order valence-electron chi connectivity index (χ3n) is 5.21. The van der Waals surface area contributed by atoms with Gasteiger partial charge >= 0.3 is 0 Å². The minimum Gasteiger partial charge on any atom is -0.320 e. The summed E-state index contributed by atoms with van der Waals surface area (Å²) in [7, 11) is 2.21. The van der Waals surface area contributed by atoms with Gasteiger partial charge in [0.2, 0.25) is 0 Å². The Hall–Kier alpha value is -2.39. The average Bonchev–Trinajstić information content (AvgIpc) is 2.87. The van der Waals surface area contributed by atoms with Gasteiger partial charge in [0.15, 0.2) is 0 Å². The van der Waals surface area contributed by atoms with E-state index in [0.717, 1.165) is 25.2 Å². The first kappa shape index (κ1) is 16.1. The lowest BCUT2D eigenvalue weighted by Gasteiger charge is -2.23. The number of nitrogens with zero attached hydrogens (tertiary/aromatic N) is 3. The van der Waals surface area contributed by atoms with Crippen LogP contribution in [0.25, 0.3) is 22.7 Å².